The summed E-state index contributed by atoms with van der Waals surface area (Å²) < 4.78 is 10.3. The van der Waals surface area contributed by atoms with Gasteiger partial charge in [-0.3, -0.25) is 4.79 Å². The summed E-state index contributed by atoms with van der Waals surface area (Å²) in [7, 11) is 0. The number of aromatic carboxylic acids is 1. The molecule has 1 aliphatic rings. The number of carbonyl (C=O) groups is 2. The van der Waals surface area contributed by atoms with Gasteiger partial charge >= 0.3 is 5.97 Å². The third kappa shape index (κ3) is 3.10. The van der Waals surface area contributed by atoms with Crippen LogP contribution in [-0.2, 0) is 16.1 Å². The predicted molar refractivity (Wildman–Crippen MR) is 61.1 cm³/mol. The van der Waals surface area contributed by atoms with Gasteiger partial charge in [0.2, 0.25) is 11.7 Å². The van der Waals surface area contributed by atoms with Gasteiger partial charge in [-0.05, 0) is 25.0 Å². The summed E-state index contributed by atoms with van der Waals surface area (Å²) in [6.45, 7) is 1.36. The molecule has 98 valence electrons. The van der Waals surface area contributed by atoms with E-state index in [1.807, 2.05) is 0 Å². The molecule has 0 saturated carbocycles. The fraction of sp³-hybridized carbons (Fsp3) is 0.500. The van der Waals surface area contributed by atoms with Crippen LogP contribution in [0.15, 0.2) is 16.5 Å². The second-order valence-corrected chi connectivity index (χ2v) is 4.20. The maximum Gasteiger partial charge on any atom is 0.371 e. The quantitative estimate of drug-likeness (QED) is 0.836. The van der Waals surface area contributed by atoms with E-state index in [2.05, 4.69) is 5.32 Å². The lowest BCUT2D eigenvalue weighted by molar-refractivity contribution is -0.129. The smallest absolute Gasteiger partial charge is 0.371 e. The van der Waals surface area contributed by atoms with Crippen LogP contribution in [0, 0.1) is 5.92 Å². The fourth-order valence-corrected chi connectivity index (χ4v) is 1.85. The van der Waals surface area contributed by atoms with Crippen LogP contribution in [0.2, 0.25) is 0 Å². The molecule has 0 radical (unpaired) electrons. The fourth-order valence-electron chi connectivity index (χ4n) is 1.85. The number of nitrogens with one attached hydrogen (secondary N) is 1. The van der Waals surface area contributed by atoms with E-state index in [0.29, 0.717) is 19.0 Å². The third-order valence-electron chi connectivity index (χ3n) is 2.84. The molecule has 0 bridgehead atoms. The molecule has 1 saturated heterocycles. The Morgan fingerprint density at radius 1 is 1.44 bits per heavy atom. The highest BCUT2D eigenvalue weighted by Gasteiger charge is 2.21. The first-order valence-corrected chi connectivity index (χ1v) is 5.84. The maximum atomic E-state index is 11.8. The molecular formula is C12H15NO5. The molecule has 0 spiro atoms. The lowest BCUT2D eigenvalue weighted by atomic mass is 10.0. The number of amides is 1. The minimum Gasteiger partial charge on any atom is -0.475 e. The van der Waals surface area contributed by atoms with Crippen LogP contribution >= 0.6 is 0 Å². The SMILES string of the molecule is O=C(O)c1ccc(CNC(=O)[C@@H]2CCCOC2)o1. The zero-order chi connectivity index (χ0) is 13.0. The third-order valence-corrected chi connectivity index (χ3v) is 2.84. The molecule has 1 aliphatic heterocycles. The Hall–Kier alpha value is -1.82. The second-order valence-electron chi connectivity index (χ2n) is 4.20. The molecule has 1 aromatic rings. The average molecular weight is 253 g/mol. The van der Waals surface area contributed by atoms with Crippen molar-refractivity contribution in [2.75, 3.05) is 13.2 Å². The molecule has 2 heterocycles. The normalized spacial score (nSPS) is 19.4. The number of rotatable bonds is 4. The van der Waals surface area contributed by atoms with Crippen molar-refractivity contribution >= 4 is 11.9 Å². The van der Waals surface area contributed by atoms with Gasteiger partial charge in [-0.1, -0.05) is 0 Å². The highest BCUT2D eigenvalue weighted by atomic mass is 16.5. The van der Waals surface area contributed by atoms with Crippen LogP contribution in [0.3, 0.4) is 0 Å². The molecule has 1 aromatic heterocycles. The van der Waals surface area contributed by atoms with E-state index in [0.717, 1.165) is 12.8 Å². The van der Waals surface area contributed by atoms with Crippen molar-refractivity contribution in [2.45, 2.75) is 19.4 Å². The Balaban J connectivity index is 1.82. The van der Waals surface area contributed by atoms with E-state index in [4.69, 9.17) is 14.3 Å². The first-order chi connectivity index (χ1) is 8.66. The lowest BCUT2D eigenvalue weighted by Crippen LogP contribution is -2.35. The molecule has 2 rings (SSSR count). The predicted octanol–water partition coefficient (Wildman–Crippen LogP) is 1.02. The molecule has 1 amide bonds. The standard InChI is InChI=1S/C12H15NO5/c14-11(8-2-1-5-17-7-8)13-6-9-3-4-10(18-9)12(15)16/h3-4,8H,1-2,5-7H2,(H,13,14)(H,15,16)/t8-/m1/s1. The molecule has 1 atom stereocenters. The number of ether oxygens (including phenoxy) is 1. The molecule has 6 heteroatoms. The van der Waals surface area contributed by atoms with Crippen LogP contribution in [0.4, 0.5) is 0 Å². The first kappa shape index (κ1) is 12.6. The number of hydrogen-bond acceptors (Lipinski definition) is 4. The number of furan rings is 1. The zero-order valence-corrected chi connectivity index (χ0v) is 9.85. The Kier molecular flexibility index (Phi) is 3.99. The summed E-state index contributed by atoms with van der Waals surface area (Å²) in [6, 6.07) is 2.91. The number of carbonyl (C=O) groups excluding carboxylic acids is 1. The molecule has 2 N–H and O–H groups in total. The molecular weight excluding hydrogens is 238 g/mol. The van der Waals surface area contributed by atoms with E-state index in [1.165, 1.54) is 6.07 Å². The maximum absolute atomic E-state index is 11.8. The van der Waals surface area contributed by atoms with Gasteiger partial charge in [0.25, 0.3) is 0 Å². The van der Waals surface area contributed by atoms with E-state index in [9.17, 15) is 9.59 Å². The Morgan fingerprint density at radius 3 is 2.89 bits per heavy atom. The Morgan fingerprint density at radius 2 is 2.28 bits per heavy atom. The van der Waals surface area contributed by atoms with Gasteiger partial charge in [0, 0.05) is 6.61 Å². The topological polar surface area (TPSA) is 88.8 Å². The van der Waals surface area contributed by atoms with Gasteiger partial charge in [-0.25, -0.2) is 4.79 Å². The van der Waals surface area contributed by atoms with E-state index in [1.54, 1.807) is 6.07 Å². The summed E-state index contributed by atoms with van der Waals surface area (Å²) in [5.41, 5.74) is 0. The van der Waals surface area contributed by atoms with E-state index >= 15 is 0 Å². The largest absolute Gasteiger partial charge is 0.475 e. The monoisotopic (exact) mass is 253 g/mol. The van der Waals surface area contributed by atoms with Gasteiger partial charge in [0.05, 0.1) is 19.1 Å². The molecule has 1 fully saturated rings. The minimum atomic E-state index is -1.12. The van der Waals surface area contributed by atoms with Crippen molar-refractivity contribution < 1.29 is 23.8 Å². The van der Waals surface area contributed by atoms with Crippen LogP contribution < -0.4 is 5.32 Å². The Bertz CT molecular complexity index is 433. The first-order valence-electron chi connectivity index (χ1n) is 5.84. The van der Waals surface area contributed by atoms with Crippen molar-refractivity contribution in [2.24, 2.45) is 5.92 Å². The summed E-state index contributed by atoms with van der Waals surface area (Å²) in [6.07, 6.45) is 1.71. The van der Waals surface area contributed by atoms with Crippen LogP contribution in [0.25, 0.3) is 0 Å². The lowest BCUT2D eigenvalue weighted by Gasteiger charge is -2.20. The second kappa shape index (κ2) is 5.68. The molecule has 0 unspecified atom stereocenters. The van der Waals surface area contributed by atoms with Crippen molar-refractivity contribution in [3.63, 3.8) is 0 Å². The number of carboxylic acid groups (broad SMARTS) is 1. The number of carboxylic acids is 1. The van der Waals surface area contributed by atoms with Gasteiger partial charge < -0.3 is 19.6 Å². The number of hydrogen-bond donors (Lipinski definition) is 2. The highest BCUT2D eigenvalue weighted by molar-refractivity contribution is 5.84. The van der Waals surface area contributed by atoms with Crippen molar-refractivity contribution in [3.8, 4) is 0 Å². The summed E-state index contributed by atoms with van der Waals surface area (Å²) >= 11 is 0. The van der Waals surface area contributed by atoms with Crippen molar-refractivity contribution in [3.05, 3.63) is 23.7 Å². The summed E-state index contributed by atoms with van der Waals surface area (Å²) in [5.74, 6) is -1.01. The van der Waals surface area contributed by atoms with Gasteiger partial charge in [0.1, 0.15) is 5.76 Å². The molecule has 6 nitrogen and oxygen atoms in total. The minimum absolute atomic E-state index is 0.0806. The Labute approximate surface area is 104 Å². The molecule has 0 aromatic carbocycles. The van der Waals surface area contributed by atoms with E-state index in [-0.39, 0.29) is 24.1 Å². The summed E-state index contributed by atoms with van der Waals surface area (Å²) in [4.78, 5) is 22.4. The van der Waals surface area contributed by atoms with E-state index < -0.39 is 5.97 Å². The van der Waals surface area contributed by atoms with Crippen molar-refractivity contribution in [1.29, 1.82) is 0 Å². The zero-order valence-electron chi connectivity index (χ0n) is 9.85. The van der Waals surface area contributed by atoms with Crippen LogP contribution in [0.1, 0.15) is 29.2 Å². The van der Waals surface area contributed by atoms with Crippen LogP contribution in [0.5, 0.6) is 0 Å². The van der Waals surface area contributed by atoms with Crippen LogP contribution in [-0.4, -0.2) is 30.2 Å². The van der Waals surface area contributed by atoms with Crippen molar-refractivity contribution in [1.82, 2.24) is 5.32 Å². The van der Waals surface area contributed by atoms with Gasteiger partial charge in [-0.2, -0.15) is 0 Å². The molecule has 18 heavy (non-hydrogen) atoms. The summed E-state index contributed by atoms with van der Waals surface area (Å²) in [5, 5.41) is 11.4. The highest BCUT2D eigenvalue weighted by Crippen LogP contribution is 2.14. The molecule has 0 aliphatic carbocycles. The van der Waals surface area contributed by atoms with Gasteiger partial charge in [0.15, 0.2) is 0 Å². The average Bonchev–Trinajstić information content (AvgIpc) is 2.86. The van der Waals surface area contributed by atoms with Gasteiger partial charge in [-0.15, -0.1) is 0 Å².